The summed E-state index contributed by atoms with van der Waals surface area (Å²) in [6.45, 7) is 8.15. The minimum absolute atomic E-state index is 0.174. The Morgan fingerprint density at radius 2 is 2.04 bits per heavy atom. The number of alkyl carbamates (subject to hydrolysis) is 1. The van der Waals surface area contributed by atoms with E-state index in [0.717, 1.165) is 18.4 Å². The van der Waals surface area contributed by atoms with E-state index >= 15 is 0 Å². The summed E-state index contributed by atoms with van der Waals surface area (Å²) in [4.78, 5) is 26.0. The number of hydrogen-bond acceptors (Lipinski definition) is 3. The molecule has 1 fully saturated rings. The molecule has 0 aliphatic carbocycles. The number of benzene rings is 1. The molecule has 1 aromatic carbocycles. The van der Waals surface area contributed by atoms with Gasteiger partial charge in [0.1, 0.15) is 11.4 Å². The highest BCUT2D eigenvalue weighted by Gasteiger charge is 2.27. The summed E-state index contributed by atoms with van der Waals surface area (Å²) < 4.78 is 19.3. The number of hydrogen-bond donors (Lipinski definition) is 2. The number of halogens is 2. The molecular weight excluding hydrogens is 405 g/mol. The van der Waals surface area contributed by atoms with Crippen LogP contribution in [-0.4, -0.2) is 41.8 Å². The van der Waals surface area contributed by atoms with Crippen LogP contribution >= 0.6 is 15.9 Å². The molecule has 0 radical (unpaired) electrons. The first-order chi connectivity index (χ1) is 12.0. The van der Waals surface area contributed by atoms with E-state index in [1.807, 2.05) is 0 Å². The molecule has 0 spiro atoms. The highest BCUT2D eigenvalue weighted by Crippen LogP contribution is 2.24. The lowest BCUT2D eigenvalue weighted by atomic mass is 10.1. The largest absolute Gasteiger partial charge is 0.444 e. The van der Waals surface area contributed by atoms with Crippen LogP contribution in [0.25, 0.3) is 0 Å². The lowest BCUT2D eigenvalue weighted by molar-refractivity contribution is 0.0480. The predicted molar refractivity (Wildman–Crippen MR) is 102 cm³/mol. The van der Waals surface area contributed by atoms with E-state index in [-0.39, 0.29) is 12.1 Å². The molecule has 1 saturated heterocycles. The van der Waals surface area contributed by atoms with Crippen LogP contribution in [0.3, 0.4) is 0 Å². The molecule has 1 heterocycles. The third-order valence-corrected chi connectivity index (χ3v) is 4.55. The summed E-state index contributed by atoms with van der Waals surface area (Å²) >= 11 is 3.12. The Bertz CT molecular complexity index is 691. The molecule has 1 aromatic rings. The van der Waals surface area contributed by atoms with Crippen LogP contribution in [-0.2, 0) is 4.74 Å². The SMILES string of the molecule is Cc1cc(Br)c(F)cc1NC(=O)N1CCC[C@@H](NC(=O)OC(C)(C)C)C1. The summed E-state index contributed by atoms with van der Waals surface area (Å²) in [5.74, 6) is -0.436. The van der Waals surface area contributed by atoms with Gasteiger partial charge in [0.25, 0.3) is 0 Å². The van der Waals surface area contributed by atoms with Crippen LogP contribution in [0.15, 0.2) is 16.6 Å². The third-order valence-electron chi connectivity index (χ3n) is 3.94. The molecule has 6 nitrogen and oxygen atoms in total. The first kappa shape index (κ1) is 20.5. The summed E-state index contributed by atoms with van der Waals surface area (Å²) in [7, 11) is 0. The Morgan fingerprint density at radius 3 is 2.69 bits per heavy atom. The van der Waals surface area contributed by atoms with Crippen molar-refractivity contribution >= 4 is 33.7 Å². The van der Waals surface area contributed by atoms with E-state index < -0.39 is 17.5 Å². The standard InChI is InChI=1S/C18H25BrFN3O3/c1-11-8-13(19)14(20)9-15(11)22-16(24)23-7-5-6-12(10-23)21-17(25)26-18(2,3)4/h8-9,12H,5-7,10H2,1-4H3,(H,21,25)(H,22,24)/t12-/m1/s1. The van der Waals surface area contributed by atoms with Crippen LogP contribution in [0, 0.1) is 12.7 Å². The van der Waals surface area contributed by atoms with E-state index in [2.05, 4.69) is 26.6 Å². The van der Waals surface area contributed by atoms with E-state index in [4.69, 9.17) is 4.74 Å². The molecule has 1 atom stereocenters. The number of ether oxygens (including phenoxy) is 1. The Balaban J connectivity index is 1.95. The maximum absolute atomic E-state index is 13.7. The van der Waals surface area contributed by atoms with Gasteiger partial charge in [-0.25, -0.2) is 14.0 Å². The van der Waals surface area contributed by atoms with Gasteiger partial charge in [0.2, 0.25) is 0 Å². The highest BCUT2D eigenvalue weighted by molar-refractivity contribution is 9.10. The molecule has 8 heteroatoms. The van der Waals surface area contributed by atoms with Gasteiger partial charge in [0.05, 0.1) is 4.47 Å². The topological polar surface area (TPSA) is 70.7 Å². The minimum atomic E-state index is -0.570. The number of piperidine rings is 1. The van der Waals surface area contributed by atoms with Gasteiger partial charge in [0, 0.05) is 24.8 Å². The summed E-state index contributed by atoms with van der Waals surface area (Å²) in [5.41, 5.74) is 0.615. The van der Waals surface area contributed by atoms with Crippen molar-refractivity contribution in [3.8, 4) is 0 Å². The zero-order valence-corrected chi connectivity index (χ0v) is 17.1. The van der Waals surface area contributed by atoms with Gasteiger partial charge in [0.15, 0.2) is 0 Å². The maximum Gasteiger partial charge on any atom is 0.407 e. The number of urea groups is 1. The van der Waals surface area contributed by atoms with Crippen molar-refractivity contribution in [1.29, 1.82) is 0 Å². The monoisotopic (exact) mass is 429 g/mol. The van der Waals surface area contributed by atoms with Crippen LogP contribution in [0.5, 0.6) is 0 Å². The van der Waals surface area contributed by atoms with Gasteiger partial charge in [-0.1, -0.05) is 0 Å². The second kappa shape index (κ2) is 8.24. The second-order valence-electron chi connectivity index (χ2n) is 7.44. The molecule has 1 aliphatic rings. The zero-order chi connectivity index (χ0) is 19.5. The van der Waals surface area contributed by atoms with Crippen molar-refractivity contribution in [2.75, 3.05) is 18.4 Å². The summed E-state index contributed by atoms with van der Waals surface area (Å²) in [6, 6.07) is 2.42. The van der Waals surface area contributed by atoms with Gasteiger partial charge < -0.3 is 20.3 Å². The number of amides is 3. The number of aryl methyl sites for hydroxylation is 1. The van der Waals surface area contributed by atoms with Gasteiger partial charge in [-0.2, -0.15) is 0 Å². The number of carbonyl (C=O) groups is 2. The average Bonchev–Trinajstić information content (AvgIpc) is 2.50. The van der Waals surface area contributed by atoms with Crippen molar-refractivity contribution in [3.05, 3.63) is 28.0 Å². The van der Waals surface area contributed by atoms with Gasteiger partial charge in [-0.05, 0) is 74.2 Å². The van der Waals surface area contributed by atoms with Gasteiger partial charge >= 0.3 is 12.1 Å². The molecule has 2 rings (SSSR count). The van der Waals surface area contributed by atoms with Crippen molar-refractivity contribution in [3.63, 3.8) is 0 Å². The molecule has 1 aliphatic heterocycles. The summed E-state index contributed by atoms with van der Waals surface area (Å²) in [6.07, 6.45) is 1.05. The molecule has 144 valence electrons. The van der Waals surface area contributed by atoms with Gasteiger partial charge in [-0.15, -0.1) is 0 Å². The fraction of sp³-hybridized carbons (Fsp3) is 0.556. The summed E-state index contributed by atoms with van der Waals surface area (Å²) in [5, 5.41) is 5.55. The third kappa shape index (κ3) is 5.86. The fourth-order valence-electron chi connectivity index (χ4n) is 2.73. The number of likely N-dealkylation sites (tertiary alicyclic amines) is 1. The van der Waals surface area contributed by atoms with Crippen molar-refractivity contribution < 1.29 is 18.7 Å². The Hall–Kier alpha value is -1.83. The predicted octanol–water partition coefficient (Wildman–Crippen LogP) is 4.42. The number of carbonyl (C=O) groups excluding carboxylic acids is 2. The van der Waals surface area contributed by atoms with E-state index in [1.54, 1.807) is 38.7 Å². The normalized spacial score (nSPS) is 17.6. The minimum Gasteiger partial charge on any atom is -0.444 e. The molecule has 26 heavy (non-hydrogen) atoms. The number of nitrogens with zero attached hydrogens (tertiary/aromatic N) is 1. The van der Waals surface area contributed by atoms with Crippen molar-refractivity contribution in [2.45, 2.75) is 52.2 Å². The average molecular weight is 430 g/mol. The number of rotatable bonds is 2. The highest BCUT2D eigenvalue weighted by atomic mass is 79.9. The van der Waals surface area contributed by atoms with E-state index in [0.29, 0.717) is 23.2 Å². The number of anilines is 1. The van der Waals surface area contributed by atoms with Crippen LogP contribution in [0.4, 0.5) is 19.7 Å². The lowest BCUT2D eigenvalue weighted by Crippen LogP contribution is -2.51. The first-order valence-corrected chi connectivity index (χ1v) is 9.35. The fourth-order valence-corrected chi connectivity index (χ4v) is 3.19. The van der Waals surface area contributed by atoms with Gasteiger partial charge in [-0.3, -0.25) is 0 Å². The number of nitrogens with one attached hydrogen (secondary N) is 2. The van der Waals surface area contributed by atoms with Crippen LogP contribution in [0.2, 0.25) is 0 Å². The lowest BCUT2D eigenvalue weighted by Gasteiger charge is -2.33. The van der Waals surface area contributed by atoms with Crippen molar-refractivity contribution in [1.82, 2.24) is 10.2 Å². The first-order valence-electron chi connectivity index (χ1n) is 8.56. The zero-order valence-electron chi connectivity index (χ0n) is 15.5. The Labute approximate surface area is 161 Å². The van der Waals surface area contributed by atoms with Crippen LogP contribution < -0.4 is 10.6 Å². The Kier molecular flexibility index (Phi) is 6.49. The maximum atomic E-state index is 13.7. The quantitative estimate of drug-likeness (QED) is 0.730. The van der Waals surface area contributed by atoms with E-state index in [1.165, 1.54) is 6.07 Å². The molecule has 0 saturated carbocycles. The molecule has 3 amide bonds. The second-order valence-corrected chi connectivity index (χ2v) is 8.30. The molecule has 0 aromatic heterocycles. The smallest absolute Gasteiger partial charge is 0.407 e. The Morgan fingerprint density at radius 1 is 1.35 bits per heavy atom. The molecule has 0 bridgehead atoms. The van der Waals surface area contributed by atoms with Crippen molar-refractivity contribution in [2.24, 2.45) is 0 Å². The molecule has 2 N–H and O–H groups in total. The van der Waals surface area contributed by atoms with E-state index in [9.17, 15) is 14.0 Å². The molecular formula is C18H25BrFN3O3. The van der Waals surface area contributed by atoms with Crippen LogP contribution in [0.1, 0.15) is 39.2 Å². The molecule has 0 unspecified atom stereocenters.